The highest BCUT2D eigenvalue weighted by molar-refractivity contribution is 6.74. The lowest BCUT2D eigenvalue weighted by Crippen LogP contribution is -2.56. The zero-order valence-electron chi connectivity index (χ0n) is 20.2. The molecule has 0 radical (unpaired) electrons. The molecule has 4 rings (SSSR count). The number of ketones is 2. The van der Waals surface area contributed by atoms with Crippen LogP contribution in [0.2, 0.25) is 18.1 Å². The quantitative estimate of drug-likeness (QED) is 0.390. The fourth-order valence-electron chi connectivity index (χ4n) is 4.96. The minimum atomic E-state index is -2.21. The normalized spacial score (nSPS) is 27.1. The number of aliphatic hydroxyl groups is 1. The van der Waals surface area contributed by atoms with Gasteiger partial charge in [0, 0.05) is 29.6 Å². The molecule has 3 atom stereocenters. The second-order valence-electron chi connectivity index (χ2n) is 10.9. The van der Waals surface area contributed by atoms with Crippen molar-refractivity contribution in [3.05, 3.63) is 52.6 Å². The molecular formula is C26H32O6Si. The van der Waals surface area contributed by atoms with Crippen molar-refractivity contribution < 1.29 is 28.7 Å². The van der Waals surface area contributed by atoms with Gasteiger partial charge in [-0.3, -0.25) is 14.4 Å². The van der Waals surface area contributed by atoms with Gasteiger partial charge in [0.25, 0.3) is 0 Å². The molecule has 33 heavy (non-hydrogen) atoms. The lowest BCUT2D eigenvalue weighted by Gasteiger charge is -2.50. The number of carbonyl (C=O) groups is 3. The van der Waals surface area contributed by atoms with Gasteiger partial charge in [-0.05, 0) is 43.5 Å². The number of rotatable bonds is 3. The van der Waals surface area contributed by atoms with E-state index >= 15 is 0 Å². The molecule has 7 heteroatoms. The third-order valence-electron chi connectivity index (χ3n) is 7.61. The maximum atomic E-state index is 13.8. The average molecular weight is 469 g/mol. The Morgan fingerprint density at radius 3 is 2.52 bits per heavy atom. The first-order valence-electron chi connectivity index (χ1n) is 11.5. The van der Waals surface area contributed by atoms with Crippen LogP contribution in [0.3, 0.4) is 0 Å². The highest BCUT2D eigenvalue weighted by Gasteiger charge is 2.54. The van der Waals surface area contributed by atoms with Crippen LogP contribution in [0.1, 0.15) is 67.7 Å². The van der Waals surface area contributed by atoms with E-state index in [1.165, 1.54) is 13.0 Å². The molecule has 0 aliphatic heterocycles. The number of ether oxygens (including phenoxy) is 1. The van der Waals surface area contributed by atoms with Gasteiger partial charge in [-0.25, -0.2) is 0 Å². The number of carbonyl (C=O) groups excluding carboxylic acids is 3. The van der Waals surface area contributed by atoms with Crippen molar-refractivity contribution in [2.45, 2.75) is 76.8 Å². The fourth-order valence-corrected chi connectivity index (χ4v) is 6.32. The molecule has 0 amide bonds. The van der Waals surface area contributed by atoms with Crippen LogP contribution in [-0.4, -0.2) is 42.7 Å². The summed E-state index contributed by atoms with van der Waals surface area (Å²) in [5.74, 6) is -1.79. The van der Waals surface area contributed by atoms with E-state index < -0.39 is 25.8 Å². The third kappa shape index (κ3) is 3.86. The Morgan fingerprint density at radius 1 is 1.18 bits per heavy atom. The highest BCUT2D eigenvalue weighted by atomic mass is 28.4. The summed E-state index contributed by atoms with van der Waals surface area (Å²) in [6.07, 6.45) is 4.84. The second-order valence-corrected chi connectivity index (χ2v) is 15.6. The predicted octanol–water partition coefficient (Wildman–Crippen LogP) is 4.78. The molecule has 1 saturated carbocycles. The molecule has 0 aromatic heterocycles. The fraction of sp³-hybridized carbons (Fsp3) is 0.500. The number of fused-ring (bicyclic) bond motifs is 3. The van der Waals surface area contributed by atoms with Crippen molar-refractivity contribution in [1.29, 1.82) is 0 Å². The zero-order valence-corrected chi connectivity index (χ0v) is 21.2. The molecule has 1 fully saturated rings. The monoisotopic (exact) mass is 468 g/mol. The van der Waals surface area contributed by atoms with Crippen LogP contribution in [-0.2, 0) is 9.22 Å². The SMILES string of the molecule is CC(=O)Oc1cccc2c1C(=O)C1=C(C2=O)[C@H]2[C@H](O[Si](C)(C)C(C)(C)C)CCC[C@@]2(O)C=C1. The Balaban J connectivity index is 1.83. The van der Waals surface area contributed by atoms with Crippen molar-refractivity contribution in [2.24, 2.45) is 5.92 Å². The standard InChI is InChI=1S/C26H32O6Si/c1-15(27)31-18-10-7-9-16-20(18)23(28)17-12-14-26(30)13-8-11-19(22(26)21(17)24(16)29)32-33(5,6)25(2,3)4/h7,9-10,12,14,19,22,30H,8,11,13H2,1-6H3/t19-,22-,26-/m1/s1. The molecule has 1 N–H and O–H groups in total. The summed E-state index contributed by atoms with van der Waals surface area (Å²) in [6, 6.07) is 4.70. The van der Waals surface area contributed by atoms with Gasteiger partial charge in [-0.2, -0.15) is 0 Å². The lowest BCUT2D eigenvalue weighted by molar-refractivity contribution is -0.131. The summed E-state index contributed by atoms with van der Waals surface area (Å²) in [7, 11) is -2.21. The minimum absolute atomic E-state index is 0.0395. The average Bonchev–Trinajstić information content (AvgIpc) is 2.69. The van der Waals surface area contributed by atoms with Crippen LogP contribution in [0.15, 0.2) is 41.5 Å². The van der Waals surface area contributed by atoms with Gasteiger partial charge < -0.3 is 14.3 Å². The third-order valence-corrected chi connectivity index (χ3v) is 12.1. The topological polar surface area (TPSA) is 89.9 Å². The number of hydrogen-bond acceptors (Lipinski definition) is 6. The van der Waals surface area contributed by atoms with Crippen molar-refractivity contribution in [2.75, 3.05) is 0 Å². The molecule has 0 spiro atoms. The van der Waals surface area contributed by atoms with Gasteiger partial charge in [0.05, 0.1) is 17.3 Å². The first kappa shape index (κ1) is 23.8. The Labute approximate surface area is 195 Å². The Kier molecular flexibility index (Phi) is 5.66. The summed E-state index contributed by atoms with van der Waals surface area (Å²) in [5.41, 5.74) is -0.366. The van der Waals surface area contributed by atoms with Crippen LogP contribution in [0.5, 0.6) is 5.75 Å². The van der Waals surface area contributed by atoms with E-state index in [-0.39, 0.29) is 45.2 Å². The molecule has 0 unspecified atom stereocenters. The number of hydrogen-bond donors (Lipinski definition) is 1. The van der Waals surface area contributed by atoms with Gasteiger partial charge in [0.1, 0.15) is 5.75 Å². The van der Waals surface area contributed by atoms with Gasteiger partial charge >= 0.3 is 5.97 Å². The Hall–Kier alpha value is -2.35. The van der Waals surface area contributed by atoms with Crippen LogP contribution in [0, 0.1) is 5.92 Å². The van der Waals surface area contributed by atoms with E-state index in [0.717, 1.165) is 6.42 Å². The molecule has 1 aromatic carbocycles. The van der Waals surface area contributed by atoms with E-state index in [0.29, 0.717) is 18.4 Å². The largest absolute Gasteiger partial charge is 0.426 e. The molecule has 0 saturated heterocycles. The van der Waals surface area contributed by atoms with E-state index in [9.17, 15) is 19.5 Å². The Bertz CT molecular complexity index is 1110. The Morgan fingerprint density at radius 2 is 1.88 bits per heavy atom. The summed E-state index contributed by atoms with van der Waals surface area (Å²) >= 11 is 0. The molecule has 176 valence electrons. The summed E-state index contributed by atoms with van der Waals surface area (Å²) in [5, 5.41) is 11.6. The molecule has 1 aromatic rings. The predicted molar refractivity (Wildman–Crippen MR) is 127 cm³/mol. The second kappa shape index (κ2) is 7.86. The molecule has 0 heterocycles. The molecule has 0 bridgehead atoms. The molecule has 3 aliphatic carbocycles. The van der Waals surface area contributed by atoms with Crippen molar-refractivity contribution >= 4 is 25.9 Å². The van der Waals surface area contributed by atoms with Crippen molar-refractivity contribution in [3.63, 3.8) is 0 Å². The summed E-state index contributed by atoms with van der Waals surface area (Å²) < 4.78 is 12.0. The minimum Gasteiger partial charge on any atom is -0.426 e. The number of Topliss-reactive ketones (excluding diaryl/α,β-unsaturated/α-hetero) is 2. The van der Waals surface area contributed by atoms with E-state index in [2.05, 4.69) is 33.9 Å². The van der Waals surface area contributed by atoms with Crippen molar-refractivity contribution in [1.82, 2.24) is 0 Å². The molecule has 3 aliphatic rings. The van der Waals surface area contributed by atoms with Crippen LogP contribution in [0.4, 0.5) is 0 Å². The summed E-state index contributed by atoms with van der Waals surface area (Å²) in [4.78, 5) is 38.9. The maximum absolute atomic E-state index is 13.8. The van der Waals surface area contributed by atoms with Gasteiger partial charge in [0.2, 0.25) is 0 Å². The van der Waals surface area contributed by atoms with Crippen molar-refractivity contribution in [3.8, 4) is 5.75 Å². The highest BCUT2D eigenvalue weighted by Crippen LogP contribution is 2.50. The number of benzene rings is 1. The maximum Gasteiger partial charge on any atom is 0.308 e. The first-order chi connectivity index (χ1) is 15.3. The van der Waals surface area contributed by atoms with Gasteiger partial charge in [-0.15, -0.1) is 0 Å². The van der Waals surface area contributed by atoms with E-state index in [1.807, 2.05) is 0 Å². The lowest BCUT2D eigenvalue weighted by atomic mass is 9.63. The zero-order chi connectivity index (χ0) is 24.3. The number of allylic oxidation sites excluding steroid dienone is 2. The van der Waals surface area contributed by atoms with E-state index in [4.69, 9.17) is 9.16 Å². The van der Waals surface area contributed by atoms with Gasteiger partial charge in [0.15, 0.2) is 19.9 Å². The van der Waals surface area contributed by atoms with Crippen LogP contribution in [0.25, 0.3) is 0 Å². The van der Waals surface area contributed by atoms with Crippen LogP contribution < -0.4 is 4.74 Å². The summed E-state index contributed by atoms with van der Waals surface area (Å²) in [6.45, 7) is 12.0. The van der Waals surface area contributed by atoms with E-state index in [1.54, 1.807) is 24.3 Å². The smallest absolute Gasteiger partial charge is 0.308 e. The number of esters is 1. The van der Waals surface area contributed by atoms with Gasteiger partial charge in [-0.1, -0.05) is 45.1 Å². The molecule has 6 nitrogen and oxygen atoms in total. The molecular weight excluding hydrogens is 436 g/mol. The first-order valence-corrected chi connectivity index (χ1v) is 14.4. The van der Waals surface area contributed by atoms with Crippen LogP contribution >= 0.6 is 0 Å².